The van der Waals surface area contributed by atoms with E-state index in [1.165, 1.54) is 32.7 Å². The molecule has 1 amide bonds. The van der Waals surface area contributed by atoms with Gasteiger partial charge in [-0.25, -0.2) is 0 Å². The maximum atomic E-state index is 12.1. The Morgan fingerprint density at radius 1 is 0.784 bits per heavy atom. The zero-order valence-electron chi connectivity index (χ0n) is 23.3. The Morgan fingerprint density at radius 3 is 1.62 bits per heavy atom. The van der Waals surface area contributed by atoms with Gasteiger partial charge in [0.25, 0.3) is 0 Å². The molecule has 0 unspecified atom stereocenters. The molecule has 3 aromatic rings. The van der Waals surface area contributed by atoms with Gasteiger partial charge in [0.05, 0.1) is 6.42 Å². The number of hydrogen-bond acceptors (Lipinski definition) is 5. The van der Waals surface area contributed by atoms with Gasteiger partial charge in [0, 0.05) is 38.3 Å². The van der Waals surface area contributed by atoms with Gasteiger partial charge in [0.1, 0.15) is 5.60 Å². The molecular formula is C31H43N3O3. The molecule has 0 aliphatic rings. The number of amides is 1. The van der Waals surface area contributed by atoms with Crippen LogP contribution in [0.1, 0.15) is 59.1 Å². The van der Waals surface area contributed by atoms with Gasteiger partial charge in [-0.3, -0.25) is 9.59 Å². The lowest BCUT2D eigenvalue weighted by molar-refractivity contribution is -0.154. The third kappa shape index (κ3) is 8.99. The minimum absolute atomic E-state index is 0.119. The van der Waals surface area contributed by atoms with E-state index in [1.807, 2.05) is 34.6 Å². The quantitative estimate of drug-likeness (QED) is 0.136. The van der Waals surface area contributed by atoms with Crippen LogP contribution in [0, 0.1) is 0 Å². The molecule has 200 valence electrons. The van der Waals surface area contributed by atoms with Crippen molar-refractivity contribution in [1.82, 2.24) is 16.0 Å². The van der Waals surface area contributed by atoms with E-state index in [-0.39, 0.29) is 11.9 Å². The summed E-state index contributed by atoms with van der Waals surface area (Å²) in [5.41, 5.74) is 2.50. The summed E-state index contributed by atoms with van der Waals surface area (Å²) in [6.45, 7) is 18.1. The fourth-order valence-electron chi connectivity index (χ4n) is 4.11. The van der Waals surface area contributed by atoms with Crippen LogP contribution in [0.25, 0.3) is 21.5 Å². The highest BCUT2D eigenvalue weighted by Crippen LogP contribution is 2.33. The fourth-order valence-corrected chi connectivity index (χ4v) is 4.11. The van der Waals surface area contributed by atoms with Crippen LogP contribution in [0.4, 0.5) is 0 Å². The smallest absolute Gasteiger partial charge is 0.307 e. The number of esters is 1. The molecule has 0 aromatic heterocycles. The van der Waals surface area contributed by atoms with Crippen molar-refractivity contribution in [2.24, 2.45) is 0 Å². The monoisotopic (exact) mass is 505 g/mol. The van der Waals surface area contributed by atoms with Crippen LogP contribution in [-0.4, -0.2) is 37.1 Å². The summed E-state index contributed by atoms with van der Waals surface area (Å²) in [4.78, 5) is 23.8. The Hall–Kier alpha value is -3.22. The molecule has 37 heavy (non-hydrogen) atoms. The van der Waals surface area contributed by atoms with Crippen molar-refractivity contribution in [2.75, 3.05) is 19.6 Å². The number of carbonyl (C=O) groups is 2. The molecule has 0 spiro atoms. The molecule has 0 saturated heterocycles. The Labute approximate surface area is 221 Å². The van der Waals surface area contributed by atoms with Crippen molar-refractivity contribution in [2.45, 2.75) is 66.7 Å². The minimum atomic E-state index is -0.469. The van der Waals surface area contributed by atoms with Gasteiger partial charge < -0.3 is 20.7 Å². The number of nitrogens with one attached hydrogen (secondary N) is 3. The summed E-state index contributed by atoms with van der Waals surface area (Å²) in [7, 11) is 0. The van der Waals surface area contributed by atoms with Crippen LogP contribution in [0.2, 0.25) is 0 Å². The molecule has 0 fully saturated rings. The van der Waals surface area contributed by atoms with Crippen molar-refractivity contribution in [3.8, 4) is 0 Å². The summed E-state index contributed by atoms with van der Waals surface area (Å²) in [6.07, 6.45) is 0.330. The van der Waals surface area contributed by atoms with Gasteiger partial charge in [-0.15, -0.1) is 0 Å². The summed E-state index contributed by atoms with van der Waals surface area (Å²) in [5, 5.41) is 14.6. The maximum absolute atomic E-state index is 12.1. The number of hydrogen-bond donors (Lipinski definition) is 3. The topological polar surface area (TPSA) is 79.5 Å². The second kappa shape index (κ2) is 14.5. The van der Waals surface area contributed by atoms with Crippen molar-refractivity contribution < 1.29 is 14.3 Å². The average molecular weight is 506 g/mol. The van der Waals surface area contributed by atoms with E-state index in [0.717, 1.165) is 0 Å². The first-order valence-electron chi connectivity index (χ1n) is 13.2. The first-order valence-corrected chi connectivity index (χ1v) is 13.2. The molecule has 0 bridgehead atoms. The first-order chi connectivity index (χ1) is 17.7. The molecule has 6 heteroatoms. The van der Waals surface area contributed by atoms with Gasteiger partial charge in [-0.1, -0.05) is 69.0 Å². The summed E-state index contributed by atoms with van der Waals surface area (Å²) in [5.74, 6) is -0.313. The van der Waals surface area contributed by atoms with E-state index in [1.54, 1.807) is 6.92 Å². The Morgan fingerprint density at radius 2 is 1.22 bits per heavy atom. The van der Waals surface area contributed by atoms with Gasteiger partial charge >= 0.3 is 5.97 Å². The van der Waals surface area contributed by atoms with E-state index in [9.17, 15) is 9.59 Å². The highest BCUT2D eigenvalue weighted by atomic mass is 16.6. The standard InChI is InChI=1S/C29H37N3O3.C2H6/c1-20(2)28(34)32-17-16-31-19-26-23-12-8-6-10-21(23)25(22-11-7-9-13-24(22)26)18-30-15-14-27(33)35-29(3,4)5;1-2/h6-13,30-31H,1,14-19H2,2-5H3,(H,32,34);1-2H3. The fraction of sp³-hybridized carbons (Fsp3) is 0.419. The van der Waals surface area contributed by atoms with Crippen LogP contribution in [0.15, 0.2) is 60.7 Å². The van der Waals surface area contributed by atoms with Crippen LogP contribution in [-0.2, 0) is 27.4 Å². The molecule has 0 aliphatic carbocycles. The van der Waals surface area contributed by atoms with E-state index in [0.29, 0.717) is 44.7 Å². The molecular weight excluding hydrogens is 462 g/mol. The maximum Gasteiger partial charge on any atom is 0.307 e. The van der Waals surface area contributed by atoms with Crippen LogP contribution >= 0.6 is 0 Å². The highest BCUT2D eigenvalue weighted by Gasteiger charge is 2.16. The molecule has 6 nitrogen and oxygen atoms in total. The van der Waals surface area contributed by atoms with Crippen molar-refractivity contribution in [3.05, 3.63) is 71.8 Å². The average Bonchev–Trinajstić information content (AvgIpc) is 2.86. The summed E-state index contributed by atoms with van der Waals surface area (Å²) >= 11 is 0. The zero-order valence-corrected chi connectivity index (χ0v) is 23.3. The van der Waals surface area contributed by atoms with E-state index in [4.69, 9.17) is 4.74 Å². The number of benzene rings is 3. The minimum Gasteiger partial charge on any atom is -0.460 e. The van der Waals surface area contributed by atoms with Crippen molar-refractivity contribution in [3.63, 3.8) is 0 Å². The molecule has 3 aromatic carbocycles. The first kappa shape index (κ1) is 30.0. The van der Waals surface area contributed by atoms with Gasteiger partial charge in [-0.2, -0.15) is 0 Å². The molecule has 0 aliphatic heterocycles. The largest absolute Gasteiger partial charge is 0.460 e. The van der Waals surface area contributed by atoms with E-state index in [2.05, 4.69) is 71.1 Å². The van der Waals surface area contributed by atoms with Crippen LogP contribution in [0.3, 0.4) is 0 Å². The highest BCUT2D eigenvalue weighted by molar-refractivity contribution is 6.05. The molecule has 0 atom stereocenters. The summed E-state index contributed by atoms with van der Waals surface area (Å²) < 4.78 is 5.41. The second-order valence-corrected chi connectivity index (χ2v) is 9.77. The lowest BCUT2D eigenvalue weighted by Gasteiger charge is -2.20. The Bertz CT molecular complexity index is 1150. The predicted molar refractivity (Wildman–Crippen MR) is 155 cm³/mol. The van der Waals surface area contributed by atoms with Gasteiger partial charge in [0.2, 0.25) is 5.91 Å². The van der Waals surface area contributed by atoms with E-state index >= 15 is 0 Å². The Balaban J connectivity index is 0.00000235. The molecule has 0 heterocycles. The SMILES string of the molecule is C=C(C)C(=O)NCCNCc1c2ccccc2c(CNCCC(=O)OC(C)(C)C)c2ccccc12.CC. The third-order valence-electron chi connectivity index (χ3n) is 5.66. The number of fused-ring (bicyclic) bond motifs is 2. The normalized spacial score (nSPS) is 11.1. The lowest BCUT2D eigenvalue weighted by Crippen LogP contribution is -2.31. The van der Waals surface area contributed by atoms with E-state index < -0.39 is 5.60 Å². The lowest BCUT2D eigenvalue weighted by atomic mass is 9.91. The van der Waals surface area contributed by atoms with Crippen LogP contribution < -0.4 is 16.0 Å². The predicted octanol–water partition coefficient (Wildman–Crippen LogP) is 5.62. The Kier molecular flexibility index (Phi) is 11.8. The van der Waals surface area contributed by atoms with Gasteiger partial charge in [0.15, 0.2) is 0 Å². The summed E-state index contributed by atoms with van der Waals surface area (Å²) in [6, 6.07) is 16.9. The molecule has 3 rings (SSSR count). The van der Waals surface area contributed by atoms with Crippen molar-refractivity contribution in [1.29, 1.82) is 0 Å². The molecule has 3 N–H and O–H groups in total. The number of ether oxygens (including phenoxy) is 1. The second-order valence-electron chi connectivity index (χ2n) is 9.77. The third-order valence-corrected chi connectivity index (χ3v) is 5.66. The number of carbonyl (C=O) groups excluding carboxylic acids is 2. The van der Waals surface area contributed by atoms with Crippen molar-refractivity contribution >= 4 is 33.4 Å². The molecule has 0 saturated carbocycles. The zero-order chi connectivity index (χ0) is 27.4. The number of rotatable bonds is 11. The van der Waals surface area contributed by atoms with Crippen LogP contribution in [0.5, 0.6) is 0 Å². The molecule has 0 radical (unpaired) electrons. The van der Waals surface area contributed by atoms with Gasteiger partial charge in [-0.05, 0) is 60.4 Å².